The number of nitrogens with zero attached hydrogens (tertiary/aromatic N) is 2. The van der Waals surface area contributed by atoms with E-state index in [9.17, 15) is 14.9 Å². The zero-order chi connectivity index (χ0) is 15.9. The van der Waals surface area contributed by atoms with Gasteiger partial charge in [-0.2, -0.15) is 0 Å². The smallest absolute Gasteiger partial charge is 0.269 e. The standard InChI is InChI=1S/C16H15N3O3/c1-12-3-2-10-17-15(12)11-18-16(20)9-6-13-4-7-14(8-5-13)19(21)22/h2-10H,11H2,1H3,(H,18,20). The van der Waals surface area contributed by atoms with Gasteiger partial charge in [0.15, 0.2) is 0 Å². The Morgan fingerprint density at radius 3 is 2.68 bits per heavy atom. The highest BCUT2D eigenvalue weighted by Crippen LogP contribution is 2.12. The molecule has 6 nitrogen and oxygen atoms in total. The topological polar surface area (TPSA) is 85.1 Å². The lowest BCUT2D eigenvalue weighted by atomic mass is 10.2. The lowest BCUT2D eigenvalue weighted by Gasteiger charge is -2.04. The van der Waals surface area contributed by atoms with Gasteiger partial charge in [0, 0.05) is 24.4 Å². The molecule has 0 bridgehead atoms. The van der Waals surface area contributed by atoms with Crippen LogP contribution in [-0.4, -0.2) is 15.8 Å². The van der Waals surface area contributed by atoms with Gasteiger partial charge in [0.2, 0.25) is 5.91 Å². The first-order chi connectivity index (χ1) is 10.6. The number of nitro benzene ring substituents is 1. The van der Waals surface area contributed by atoms with E-state index >= 15 is 0 Å². The molecule has 1 N–H and O–H groups in total. The van der Waals surface area contributed by atoms with Crippen molar-refractivity contribution in [1.82, 2.24) is 10.3 Å². The average molecular weight is 297 g/mol. The van der Waals surface area contributed by atoms with Gasteiger partial charge in [0.1, 0.15) is 0 Å². The van der Waals surface area contributed by atoms with Gasteiger partial charge in [-0.05, 0) is 42.3 Å². The van der Waals surface area contributed by atoms with Crippen molar-refractivity contribution in [3.8, 4) is 0 Å². The van der Waals surface area contributed by atoms with Crippen LogP contribution in [0.3, 0.4) is 0 Å². The molecule has 2 aromatic rings. The summed E-state index contributed by atoms with van der Waals surface area (Å²) < 4.78 is 0. The van der Waals surface area contributed by atoms with Crippen LogP contribution in [0.15, 0.2) is 48.7 Å². The number of nitro groups is 1. The Bertz CT molecular complexity index is 709. The summed E-state index contributed by atoms with van der Waals surface area (Å²) in [7, 11) is 0. The summed E-state index contributed by atoms with van der Waals surface area (Å²) in [5.41, 5.74) is 2.57. The summed E-state index contributed by atoms with van der Waals surface area (Å²) in [5.74, 6) is -0.247. The van der Waals surface area contributed by atoms with Gasteiger partial charge < -0.3 is 5.32 Å². The second kappa shape index (κ2) is 7.12. The molecule has 6 heteroatoms. The van der Waals surface area contributed by atoms with Gasteiger partial charge >= 0.3 is 0 Å². The Kier molecular flexibility index (Phi) is 4.98. The van der Waals surface area contributed by atoms with Crippen LogP contribution in [0.25, 0.3) is 6.08 Å². The normalized spacial score (nSPS) is 10.6. The fourth-order valence-corrected chi connectivity index (χ4v) is 1.81. The zero-order valence-electron chi connectivity index (χ0n) is 12.0. The maximum atomic E-state index is 11.7. The molecule has 1 heterocycles. The van der Waals surface area contributed by atoms with Crippen molar-refractivity contribution >= 4 is 17.7 Å². The Morgan fingerprint density at radius 2 is 2.05 bits per heavy atom. The lowest BCUT2D eigenvalue weighted by Crippen LogP contribution is -2.21. The van der Waals surface area contributed by atoms with E-state index in [4.69, 9.17) is 0 Å². The largest absolute Gasteiger partial charge is 0.347 e. The van der Waals surface area contributed by atoms with Crippen LogP contribution in [0.1, 0.15) is 16.8 Å². The van der Waals surface area contributed by atoms with Crippen LogP contribution in [-0.2, 0) is 11.3 Å². The number of benzene rings is 1. The van der Waals surface area contributed by atoms with Gasteiger partial charge in [-0.25, -0.2) is 0 Å². The molecule has 2 rings (SSSR count). The Morgan fingerprint density at radius 1 is 1.32 bits per heavy atom. The van der Waals surface area contributed by atoms with Crippen molar-refractivity contribution in [1.29, 1.82) is 0 Å². The van der Waals surface area contributed by atoms with E-state index in [0.717, 1.165) is 16.8 Å². The lowest BCUT2D eigenvalue weighted by molar-refractivity contribution is -0.384. The average Bonchev–Trinajstić information content (AvgIpc) is 2.52. The highest BCUT2D eigenvalue weighted by molar-refractivity contribution is 5.91. The Labute approximate surface area is 127 Å². The van der Waals surface area contributed by atoms with Crippen molar-refractivity contribution in [2.75, 3.05) is 0 Å². The maximum absolute atomic E-state index is 11.7. The third kappa shape index (κ3) is 4.24. The Balaban J connectivity index is 1.91. The number of aryl methyl sites for hydroxylation is 1. The third-order valence-corrected chi connectivity index (χ3v) is 3.08. The molecule has 0 aliphatic rings. The molecule has 0 radical (unpaired) electrons. The number of hydrogen-bond acceptors (Lipinski definition) is 4. The van der Waals surface area contributed by atoms with E-state index in [0.29, 0.717) is 6.54 Å². The van der Waals surface area contributed by atoms with E-state index in [1.165, 1.54) is 18.2 Å². The first-order valence-corrected chi connectivity index (χ1v) is 6.67. The molecule has 0 aliphatic carbocycles. The molecule has 0 atom stereocenters. The van der Waals surface area contributed by atoms with E-state index in [2.05, 4.69) is 10.3 Å². The second-order valence-electron chi connectivity index (χ2n) is 4.67. The SMILES string of the molecule is Cc1cccnc1CNC(=O)C=Cc1ccc([N+](=O)[O-])cc1. The molecule has 1 amide bonds. The third-order valence-electron chi connectivity index (χ3n) is 3.08. The predicted octanol–water partition coefficient (Wildman–Crippen LogP) is 2.63. The van der Waals surface area contributed by atoms with Crippen molar-refractivity contribution in [3.63, 3.8) is 0 Å². The number of carbonyl (C=O) groups is 1. The molecule has 0 spiro atoms. The molecular weight excluding hydrogens is 282 g/mol. The maximum Gasteiger partial charge on any atom is 0.269 e. The summed E-state index contributed by atoms with van der Waals surface area (Å²) in [6.45, 7) is 2.29. The van der Waals surface area contributed by atoms with Gasteiger partial charge in [0.05, 0.1) is 17.2 Å². The molecule has 0 saturated carbocycles. The highest BCUT2D eigenvalue weighted by atomic mass is 16.6. The van der Waals surface area contributed by atoms with Gasteiger partial charge in [0.25, 0.3) is 5.69 Å². The molecule has 1 aromatic heterocycles. The fraction of sp³-hybridized carbons (Fsp3) is 0.125. The molecular formula is C16H15N3O3. The molecule has 1 aromatic carbocycles. The summed E-state index contributed by atoms with van der Waals surface area (Å²) in [4.78, 5) is 26.0. The molecule has 22 heavy (non-hydrogen) atoms. The van der Waals surface area contributed by atoms with Crippen molar-refractivity contribution in [3.05, 3.63) is 75.6 Å². The highest BCUT2D eigenvalue weighted by Gasteiger charge is 2.03. The fourth-order valence-electron chi connectivity index (χ4n) is 1.81. The number of rotatable bonds is 5. The first-order valence-electron chi connectivity index (χ1n) is 6.67. The summed E-state index contributed by atoms with van der Waals surface area (Å²) in [5, 5.41) is 13.3. The monoisotopic (exact) mass is 297 g/mol. The summed E-state index contributed by atoms with van der Waals surface area (Å²) in [6, 6.07) is 9.75. The van der Waals surface area contributed by atoms with Crippen LogP contribution >= 0.6 is 0 Å². The van der Waals surface area contributed by atoms with Crippen molar-refractivity contribution in [2.45, 2.75) is 13.5 Å². The summed E-state index contributed by atoms with van der Waals surface area (Å²) >= 11 is 0. The number of aromatic nitrogens is 1. The minimum Gasteiger partial charge on any atom is -0.347 e. The van der Waals surface area contributed by atoms with Gasteiger partial charge in [-0.15, -0.1) is 0 Å². The van der Waals surface area contributed by atoms with Crippen LogP contribution in [0.2, 0.25) is 0 Å². The predicted molar refractivity (Wildman–Crippen MR) is 83.0 cm³/mol. The van der Waals surface area contributed by atoms with Gasteiger partial charge in [-0.3, -0.25) is 19.9 Å². The van der Waals surface area contributed by atoms with Crippen LogP contribution in [0.4, 0.5) is 5.69 Å². The van der Waals surface area contributed by atoms with E-state index in [1.54, 1.807) is 24.4 Å². The Hall–Kier alpha value is -3.02. The number of nitrogens with one attached hydrogen (secondary N) is 1. The second-order valence-corrected chi connectivity index (χ2v) is 4.67. The van der Waals surface area contributed by atoms with E-state index in [1.807, 2.05) is 19.1 Å². The summed E-state index contributed by atoms with van der Waals surface area (Å²) in [6.07, 6.45) is 4.67. The number of amides is 1. The molecule has 0 unspecified atom stereocenters. The van der Waals surface area contributed by atoms with Crippen LogP contribution in [0.5, 0.6) is 0 Å². The first kappa shape index (κ1) is 15.4. The van der Waals surface area contributed by atoms with Crippen LogP contribution < -0.4 is 5.32 Å². The zero-order valence-corrected chi connectivity index (χ0v) is 12.0. The molecule has 112 valence electrons. The van der Waals surface area contributed by atoms with E-state index < -0.39 is 4.92 Å². The molecule has 0 saturated heterocycles. The van der Waals surface area contributed by atoms with E-state index in [-0.39, 0.29) is 11.6 Å². The molecule has 0 fully saturated rings. The molecule has 0 aliphatic heterocycles. The number of hydrogen-bond donors (Lipinski definition) is 1. The quantitative estimate of drug-likeness (QED) is 0.522. The number of non-ortho nitro benzene ring substituents is 1. The number of carbonyl (C=O) groups excluding carboxylic acids is 1. The minimum absolute atomic E-state index is 0.0206. The number of pyridine rings is 1. The van der Waals surface area contributed by atoms with Crippen LogP contribution in [0, 0.1) is 17.0 Å². The van der Waals surface area contributed by atoms with Crippen molar-refractivity contribution in [2.24, 2.45) is 0 Å². The minimum atomic E-state index is -0.463. The van der Waals surface area contributed by atoms with Gasteiger partial charge in [-0.1, -0.05) is 6.07 Å². The van der Waals surface area contributed by atoms with Crippen molar-refractivity contribution < 1.29 is 9.72 Å².